The minimum Gasteiger partial charge on any atom is -0.478 e. The van der Waals surface area contributed by atoms with Gasteiger partial charge in [0.2, 0.25) is 5.91 Å². The third-order valence-electron chi connectivity index (χ3n) is 3.35. The standard InChI is InChI=1S/C15H13N3O3/c16-11-7-9(5-6-10(11)15(20)21)18-8-14(19)17-12-3-1-2-4-13(12)18/h1-7H,8,16H2,(H,17,19)(H,20,21). The molecule has 4 N–H and O–H groups in total. The van der Waals surface area contributed by atoms with Gasteiger partial charge in [0.05, 0.1) is 16.9 Å². The Hall–Kier alpha value is -3.02. The van der Waals surface area contributed by atoms with E-state index in [1.54, 1.807) is 17.0 Å². The molecule has 1 amide bonds. The molecule has 0 aliphatic carbocycles. The fraction of sp³-hybridized carbons (Fsp3) is 0.0667. The van der Waals surface area contributed by atoms with Crippen LogP contribution < -0.4 is 16.0 Å². The molecule has 2 aromatic rings. The van der Waals surface area contributed by atoms with E-state index in [4.69, 9.17) is 10.8 Å². The molecule has 0 bridgehead atoms. The number of nitrogen functional groups attached to an aromatic ring is 1. The number of anilines is 4. The van der Waals surface area contributed by atoms with Crippen LogP contribution in [-0.4, -0.2) is 23.5 Å². The predicted molar refractivity (Wildman–Crippen MR) is 79.9 cm³/mol. The van der Waals surface area contributed by atoms with E-state index >= 15 is 0 Å². The summed E-state index contributed by atoms with van der Waals surface area (Å²) in [6.45, 7) is 0.156. The van der Waals surface area contributed by atoms with Crippen LogP contribution in [0.4, 0.5) is 22.7 Å². The summed E-state index contributed by atoms with van der Waals surface area (Å²) in [6.07, 6.45) is 0. The van der Waals surface area contributed by atoms with Crippen molar-refractivity contribution in [3.05, 3.63) is 48.0 Å². The monoisotopic (exact) mass is 283 g/mol. The summed E-state index contributed by atoms with van der Waals surface area (Å²) < 4.78 is 0. The molecule has 2 aromatic carbocycles. The number of aromatic carboxylic acids is 1. The molecule has 0 spiro atoms. The third kappa shape index (κ3) is 2.27. The number of nitrogens with zero attached hydrogens (tertiary/aromatic N) is 1. The van der Waals surface area contributed by atoms with Crippen molar-refractivity contribution in [3.8, 4) is 0 Å². The lowest BCUT2D eigenvalue weighted by molar-refractivity contribution is -0.115. The molecule has 1 heterocycles. The van der Waals surface area contributed by atoms with Crippen molar-refractivity contribution in [1.82, 2.24) is 0 Å². The molecular formula is C15H13N3O3. The first kappa shape index (κ1) is 13.0. The van der Waals surface area contributed by atoms with E-state index in [-0.39, 0.29) is 23.7 Å². The van der Waals surface area contributed by atoms with E-state index in [2.05, 4.69) is 5.32 Å². The number of nitrogens with one attached hydrogen (secondary N) is 1. The number of hydrogen-bond acceptors (Lipinski definition) is 4. The van der Waals surface area contributed by atoms with Crippen molar-refractivity contribution >= 4 is 34.6 Å². The van der Waals surface area contributed by atoms with E-state index in [1.165, 1.54) is 6.07 Å². The number of benzene rings is 2. The average molecular weight is 283 g/mol. The van der Waals surface area contributed by atoms with Gasteiger partial charge in [0, 0.05) is 11.4 Å². The second-order valence-corrected chi connectivity index (χ2v) is 4.73. The molecular weight excluding hydrogens is 270 g/mol. The second kappa shape index (κ2) is 4.82. The maximum Gasteiger partial charge on any atom is 0.337 e. The highest BCUT2D eigenvalue weighted by Crippen LogP contribution is 2.35. The summed E-state index contributed by atoms with van der Waals surface area (Å²) >= 11 is 0. The van der Waals surface area contributed by atoms with Crippen LogP contribution in [0.2, 0.25) is 0 Å². The van der Waals surface area contributed by atoms with Crippen molar-refractivity contribution < 1.29 is 14.7 Å². The number of para-hydroxylation sites is 2. The number of amides is 1. The molecule has 1 aliphatic rings. The van der Waals surface area contributed by atoms with Gasteiger partial charge in [0.25, 0.3) is 0 Å². The maximum atomic E-state index is 11.8. The molecule has 106 valence electrons. The van der Waals surface area contributed by atoms with Crippen molar-refractivity contribution in [2.45, 2.75) is 0 Å². The molecule has 3 rings (SSSR count). The average Bonchev–Trinajstić information content (AvgIpc) is 2.45. The summed E-state index contributed by atoms with van der Waals surface area (Å²) in [5.41, 5.74) is 8.24. The summed E-state index contributed by atoms with van der Waals surface area (Å²) in [7, 11) is 0. The molecule has 0 aromatic heterocycles. The lowest BCUT2D eigenvalue weighted by atomic mass is 10.1. The Morgan fingerprint density at radius 1 is 1.24 bits per heavy atom. The van der Waals surface area contributed by atoms with Gasteiger partial charge in [-0.05, 0) is 30.3 Å². The van der Waals surface area contributed by atoms with Crippen molar-refractivity contribution in [3.63, 3.8) is 0 Å². The Labute approximate surface area is 120 Å². The lowest BCUT2D eigenvalue weighted by Crippen LogP contribution is -2.35. The molecule has 0 saturated heterocycles. The zero-order valence-corrected chi connectivity index (χ0v) is 11.0. The number of nitrogens with two attached hydrogens (primary N) is 1. The zero-order valence-electron chi connectivity index (χ0n) is 11.0. The van der Waals surface area contributed by atoms with Crippen molar-refractivity contribution in [2.24, 2.45) is 0 Å². The van der Waals surface area contributed by atoms with E-state index in [1.807, 2.05) is 24.3 Å². The number of fused-ring (bicyclic) bond motifs is 1. The first-order valence-electron chi connectivity index (χ1n) is 6.35. The fourth-order valence-electron chi connectivity index (χ4n) is 2.38. The van der Waals surface area contributed by atoms with Gasteiger partial charge in [-0.2, -0.15) is 0 Å². The van der Waals surface area contributed by atoms with Gasteiger partial charge in [-0.25, -0.2) is 4.79 Å². The smallest absolute Gasteiger partial charge is 0.337 e. The molecule has 21 heavy (non-hydrogen) atoms. The van der Waals surface area contributed by atoms with Gasteiger partial charge in [0.15, 0.2) is 0 Å². The maximum absolute atomic E-state index is 11.8. The van der Waals surface area contributed by atoms with E-state index < -0.39 is 5.97 Å². The highest BCUT2D eigenvalue weighted by atomic mass is 16.4. The van der Waals surface area contributed by atoms with Gasteiger partial charge >= 0.3 is 5.97 Å². The third-order valence-corrected chi connectivity index (χ3v) is 3.35. The van der Waals surface area contributed by atoms with Crippen LogP contribution in [0.1, 0.15) is 10.4 Å². The quantitative estimate of drug-likeness (QED) is 0.733. The van der Waals surface area contributed by atoms with Crippen molar-refractivity contribution in [1.29, 1.82) is 0 Å². The Bertz CT molecular complexity index is 743. The molecule has 0 atom stereocenters. The van der Waals surface area contributed by atoms with Gasteiger partial charge in [-0.1, -0.05) is 12.1 Å². The number of carboxylic acid groups (broad SMARTS) is 1. The van der Waals surface area contributed by atoms with Crippen LogP contribution in [0.3, 0.4) is 0 Å². The van der Waals surface area contributed by atoms with Crippen LogP contribution in [0.15, 0.2) is 42.5 Å². The van der Waals surface area contributed by atoms with Gasteiger partial charge < -0.3 is 21.1 Å². The van der Waals surface area contributed by atoms with Crippen LogP contribution in [0.25, 0.3) is 0 Å². The number of hydrogen-bond donors (Lipinski definition) is 3. The summed E-state index contributed by atoms with van der Waals surface area (Å²) in [4.78, 5) is 24.6. The molecule has 0 saturated carbocycles. The number of carbonyl (C=O) groups excluding carboxylic acids is 1. The van der Waals surface area contributed by atoms with Crippen LogP contribution in [0.5, 0.6) is 0 Å². The largest absolute Gasteiger partial charge is 0.478 e. The molecule has 1 aliphatic heterocycles. The first-order valence-corrected chi connectivity index (χ1v) is 6.35. The summed E-state index contributed by atoms with van der Waals surface area (Å²) in [5.74, 6) is -1.20. The van der Waals surface area contributed by atoms with Crippen LogP contribution in [-0.2, 0) is 4.79 Å². The highest BCUT2D eigenvalue weighted by molar-refractivity contribution is 6.03. The molecule has 0 unspecified atom stereocenters. The van der Waals surface area contributed by atoms with Crippen LogP contribution >= 0.6 is 0 Å². The predicted octanol–water partition coefficient (Wildman–Crippen LogP) is 2.06. The Morgan fingerprint density at radius 2 is 2.00 bits per heavy atom. The normalized spacial score (nSPS) is 13.5. The van der Waals surface area contributed by atoms with Gasteiger partial charge in [0.1, 0.15) is 6.54 Å². The highest BCUT2D eigenvalue weighted by Gasteiger charge is 2.23. The van der Waals surface area contributed by atoms with E-state index in [0.29, 0.717) is 5.69 Å². The molecule has 6 nitrogen and oxygen atoms in total. The number of rotatable bonds is 2. The van der Waals surface area contributed by atoms with Gasteiger partial charge in [-0.15, -0.1) is 0 Å². The van der Waals surface area contributed by atoms with Crippen LogP contribution in [0, 0.1) is 0 Å². The van der Waals surface area contributed by atoms with E-state index in [0.717, 1.165) is 11.4 Å². The number of carbonyl (C=O) groups is 2. The van der Waals surface area contributed by atoms with Crippen molar-refractivity contribution in [2.75, 3.05) is 22.5 Å². The minimum absolute atomic E-state index is 0.0495. The SMILES string of the molecule is Nc1cc(N2CC(=O)Nc3ccccc32)ccc1C(=O)O. The molecule has 0 fully saturated rings. The second-order valence-electron chi connectivity index (χ2n) is 4.73. The Morgan fingerprint density at radius 3 is 2.71 bits per heavy atom. The topological polar surface area (TPSA) is 95.7 Å². The lowest BCUT2D eigenvalue weighted by Gasteiger charge is -2.31. The fourth-order valence-corrected chi connectivity index (χ4v) is 2.38. The first-order chi connectivity index (χ1) is 10.1. The summed E-state index contributed by atoms with van der Waals surface area (Å²) in [5, 5.41) is 11.8. The number of carboxylic acids is 1. The zero-order chi connectivity index (χ0) is 15.0. The van der Waals surface area contributed by atoms with E-state index in [9.17, 15) is 9.59 Å². The Balaban J connectivity index is 2.07. The summed E-state index contributed by atoms with van der Waals surface area (Å²) in [6, 6.07) is 12.1. The Kier molecular flexibility index (Phi) is 2.98. The molecule has 0 radical (unpaired) electrons. The minimum atomic E-state index is -1.07. The molecule has 6 heteroatoms. The van der Waals surface area contributed by atoms with Gasteiger partial charge in [-0.3, -0.25) is 4.79 Å².